The van der Waals surface area contributed by atoms with E-state index in [1.54, 1.807) is 30.3 Å². The number of amides is 3. The minimum atomic E-state index is -5.08. The zero-order valence-corrected chi connectivity index (χ0v) is 19.2. The quantitative estimate of drug-likeness (QED) is 0.722. The molecule has 1 aromatic rings. The summed E-state index contributed by atoms with van der Waals surface area (Å²) >= 11 is 1.71. The van der Waals surface area contributed by atoms with E-state index in [2.05, 4.69) is 21.7 Å². The van der Waals surface area contributed by atoms with Crippen LogP contribution in [0.25, 0.3) is 0 Å². The minimum absolute atomic E-state index is 0.0409. The van der Waals surface area contributed by atoms with Gasteiger partial charge in [-0.2, -0.15) is 24.5 Å². The van der Waals surface area contributed by atoms with Gasteiger partial charge in [-0.05, 0) is 29.3 Å². The molecule has 0 bridgehead atoms. The maximum absolute atomic E-state index is 12.6. The van der Waals surface area contributed by atoms with Gasteiger partial charge in [-0.1, -0.05) is 0 Å². The molecule has 32 heavy (non-hydrogen) atoms. The smallest absolute Gasteiger partial charge is 0.475 e. The highest BCUT2D eigenvalue weighted by Crippen LogP contribution is 2.35. The summed E-state index contributed by atoms with van der Waals surface area (Å²) < 4.78 is 31.7. The van der Waals surface area contributed by atoms with Gasteiger partial charge >= 0.3 is 18.2 Å². The Morgan fingerprint density at radius 2 is 1.88 bits per heavy atom. The predicted molar refractivity (Wildman–Crippen MR) is 113 cm³/mol. The van der Waals surface area contributed by atoms with E-state index in [4.69, 9.17) is 9.90 Å². The third kappa shape index (κ3) is 6.83. The van der Waals surface area contributed by atoms with Crippen LogP contribution >= 0.6 is 11.3 Å². The Morgan fingerprint density at radius 1 is 1.22 bits per heavy atom. The topological polar surface area (TPSA) is 84.4 Å². The first kappa shape index (κ1) is 25.9. The van der Waals surface area contributed by atoms with Crippen LogP contribution in [0.5, 0.6) is 0 Å². The minimum Gasteiger partial charge on any atom is -0.475 e. The molecule has 1 N–H and O–H groups in total. The van der Waals surface area contributed by atoms with E-state index in [-0.39, 0.29) is 17.4 Å². The normalized spacial score (nSPS) is 21.9. The lowest BCUT2D eigenvalue weighted by atomic mass is 9.86. The highest BCUT2D eigenvalue weighted by atomic mass is 32.1. The van der Waals surface area contributed by atoms with Crippen LogP contribution in [0.1, 0.15) is 18.9 Å². The Morgan fingerprint density at radius 3 is 2.34 bits per heavy atom. The Bertz CT molecular complexity index is 803. The summed E-state index contributed by atoms with van der Waals surface area (Å²) in [6, 6.07) is 2.20. The van der Waals surface area contributed by atoms with Gasteiger partial charge in [-0.3, -0.25) is 9.69 Å². The zero-order valence-electron chi connectivity index (χ0n) is 18.4. The molecule has 0 aliphatic carbocycles. The van der Waals surface area contributed by atoms with Gasteiger partial charge in [0.05, 0.1) is 0 Å². The summed E-state index contributed by atoms with van der Waals surface area (Å²) in [6.45, 7) is 7.48. The third-order valence-electron chi connectivity index (χ3n) is 5.44. The molecule has 12 heteroatoms. The molecule has 3 rings (SSSR count). The Balaban J connectivity index is 0.000000451. The molecule has 0 aromatic carbocycles. The number of aliphatic carboxylic acids is 1. The van der Waals surface area contributed by atoms with Crippen LogP contribution in [-0.2, 0) is 16.1 Å². The van der Waals surface area contributed by atoms with Gasteiger partial charge in [0.2, 0.25) is 5.91 Å². The van der Waals surface area contributed by atoms with E-state index in [1.165, 1.54) is 5.56 Å². The summed E-state index contributed by atoms with van der Waals surface area (Å²) in [4.78, 5) is 41.8. The molecule has 2 fully saturated rings. The maximum Gasteiger partial charge on any atom is 0.490 e. The van der Waals surface area contributed by atoms with Crippen LogP contribution < -0.4 is 0 Å². The average molecular weight is 479 g/mol. The molecule has 3 amide bonds. The fourth-order valence-corrected chi connectivity index (χ4v) is 4.71. The van der Waals surface area contributed by atoms with Crippen molar-refractivity contribution in [2.24, 2.45) is 5.41 Å². The number of likely N-dealkylation sites (tertiary alicyclic amines) is 1. The molecule has 180 valence electrons. The predicted octanol–water partition coefficient (Wildman–Crippen LogP) is 2.42. The molecule has 0 saturated carbocycles. The van der Waals surface area contributed by atoms with Crippen molar-refractivity contribution in [3.05, 3.63) is 22.4 Å². The lowest BCUT2D eigenvalue weighted by Gasteiger charge is -2.34. The highest BCUT2D eigenvalue weighted by molar-refractivity contribution is 7.07. The second-order valence-electron chi connectivity index (χ2n) is 8.33. The number of carboxylic acids is 1. The van der Waals surface area contributed by atoms with Crippen molar-refractivity contribution in [3.8, 4) is 0 Å². The molecule has 2 saturated heterocycles. The molecule has 2 aliphatic heterocycles. The molecule has 3 heterocycles. The van der Waals surface area contributed by atoms with Crippen molar-refractivity contribution in [1.29, 1.82) is 0 Å². The number of urea groups is 1. The number of carboxylic acid groups (broad SMARTS) is 1. The number of thiophene rings is 1. The van der Waals surface area contributed by atoms with E-state index in [9.17, 15) is 22.8 Å². The SMILES string of the molecule is CCN1CC2(CC1=O)CN(Cc1ccsc1)CCN(C(=O)N(C)C)C2.O=C(O)C(F)(F)F. The second kappa shape index (κ2) is 10.5. The van der Waals surface area contributed by atoms with Crippen LogP contribution in [0.15, 0.2) is 16.8 Å². The number of carbonyl (C=O) groups excluding carboxylic acids is 2. The molecular weight excluding hydrogens is 449 g/mol. The fraction of sp³-hybridized carbons (Fsp3) is 0.650. The average Bonchev–Trinajstić information content (AvgIpc) is 3.26. The monoisotopic (exact) mass is 478 g/mol. The van der Waals surface area contributed by atoms with Crippen LogP contribution in [0.4, 0.5) is 18.0 Å². The first-order valence-corrected chi connectivity index (χ1v) is 11.1. The molecule has 1 spiro atoms. The number of hydrogen-bond donors (Lipinski definition) is 1. The van der Waals surface area contributed by atoms with Gasteiger partial charge in [0.1, 0.15) is 0 Å². The van der Waals surface area contributed by atoms with E-state index in [1.807, 2.05) is 16.7 Å². The molecule has 0 radical (unpaired) electrons. The van der Waals surface area contributed by atoms with Crippen molar-refractivity contribution in [2.45, 2.75) is 26.1 Å². The van der Waals surface area contributed by atoms with Crippen molar-refractivity contribution in [3.63, 3.8) is 0 Å². The van der Waals surface area contributed by atoms with Crippen molar-refractivity contribution in [1.82, 2.24) is 19.6 Å². The van der Waals surface area contributed by atoms with Crippen molar-refractivity contribution < 1.29 is 32.7 Å². The van der Waals surface area contributed by atoms with Crippen LogP contribution in [0, 0.1) is 5.41 Å². The van der Waals surface area contributed by atoms with Gasteiger partial charge in [-0.15, -0.1) is 0 Å². The standard InChI is InChI=1S/C18H28N4O2S.C2HF3O2/c1-4-21-13-18(9-16(21)23)12-20(10-15-5-8-25-11-15)6-7-22(14-18)17(24)19(2)3;3-2(4,5)1(6)7/h5,8,11H,4,6-7,9-10,12-14H2,1-3H3;(H,6,7). The first-order valence-electron chi connectivity index (χ1n) is 10.1. The van der Waals surface area contributed by atoms with E-state index in [0.29, 0.717) is 19.5 Å². The molecular formula is C20H29F3N4O4S. The van der Waals surface area contributed by atoms with Gasteiger partial charge < -0.3 is 19.8 Å². The third-order valence-corrected chi connectivity index (χ3v) is 6.17. The highest BCUT2D eigenvalue weighted by Gasteiger charge is 2.47. The zero-order chi connectivity index (χ0) is 24.1. The molecule has 1 atom stereocenters. The number of nitrogens with zero attached hydrogens (tertiary/aromatic N) is 4. The summed E-state index contributed by atoms with van der Waals surface area (Å²) in [5, 5.41) is 11.4. The molecule has 1 aromatic heterocycles. The lowest BCUT2D eigenvalue weighted by molar-refractivity contribution is -0.192. The Kier molecular flexibility index (Phi) is 8.52. The first-order chi connectivity index (χ1) is 14.9. The fourth-order valence-electron chi connectivity index (χ4n) is 4.05. The second-order valence-corrected chi connectivity index (χ2v) is 9.11. The van der Waals surface area contributed by atoms with Crippen molar-refractivity contribution >= 4 is 29.2 Å². The van der Waals surface area contributed by atoms with E-state index in [0.717, 1.165) is 32.7 Å². The van der Waals surface area contributed by atoms with E-state index < -0.39 is 12.1 Å². The number of rotatable bonds is 3. The van der Waals surface area contributed by atoms with Crippen LogP contribution in [0.2, 0.25) is 0 Å². The number of alkyl halides is 3. The van der Waals surface area contributed by atoms with Gasteiger partial charge in [0.25, 0.3) is 0 Å². The van der Waals surface area contributed by atoms with Crippen LogP contribution in [-0.4, -0.2) is 102 Å². The molecule has 2 aliphatic rings. The Hall–Kier alpha value is -2.34. The van der Waals surface area contributed by atoms with Crippen LogP contribution in [0.3, 0.4) is 0 Å². The Labute approximate surface area is 189 Å². The van der Waals surface area contributed by atoms with Gasteiger partial charge in [0.15, 0.2) is 0 Å². The number of hydrogen-bond acceptors (Lipinski definition) is 5. The number of halogens is 3. The summed E-state index contributed by atoms with van der Waals surface area (Å²) in [7, 11) is 3.59. The summed E-state index contributed by atoms with van der Waals surface area (Å²) in [6.07, 6.45) is -4.54. The largest absolute Gasteiger partial charge is 0.490 e. The maximum atomic E-state index is 12.6. The van der Waals surface area contributed by atoms with E-state index >= 15 is 0 Å². The number of carbonyl (C=O) groups is 3. The van der Waals surface area contributed by atoms with Gasteiger partial charge in [-0.25, -0.2) is 9.59 Å². The van der Waals surface area contributed by atoms with Gasteiger partial charge in [0, 0.05) is 71.7 Å². The summed E-state index contributed by atoms with van der Waals surface area (Å²) in [5.41, 5.74) is 1.15. The molecule has 8 nitrogen and oxygen atoms in total. The van der Waals surface area contributed by atoms with Crippen molar-refractivity contribution in [2.75, 3.05) is 53.4 Å². The summed E-state index contributed by atoms with van der Waals surface area (Å²) in [5.74, 6) is -2.54. The lowest BCUT2D eigenvalue weighted by Crippen LogP contribution is -2.47. The molecule has 1 unspecified atom stereocenters.